The molecule has 140 valence electrons. The van der Waals surface area contributed by atoms with Gasteiger partial charge >= 0.3 is 0 Å². The molecule has 1 atom stereocenters. The van der Waals surface area contributed by atoms with Crippen molar-refractivity contribution >= 4 is 17.4 Å². The molecule has 2 rings (SSSR count). The first-order chi connectivity index (χ1) is 12.6. The fourth-order valence-electron chi connectivity index (χ4n) is 2.31. The minimum Gasteiger partial charge on any atom is -0.494 e. The Labute approximate surface area is 152 Å². The van der Waals surface area contributed by atoms with Gasteiger partial charge in [-0.25, -0.2) is 9.37 Å². The van der Waals surface area contributed by atoms with Crippen molar-refractivity contribution in [2.24, 2.45) is 0 Å². The number of ether oxygens (including phenoxy) is 1. The van der Waals surface area contributed by atoms with Crippen LogP contribution >= 0.6 is 0 Å². The van der Waals surface area contributed by atoms with Gasteiger partial charge in [0.15, 0.2) is 0 Å². The predicted molar refractivity (Wildman–Crippen MR) is 99.4 cm³/mol. The van der Waals surface area contributed by atoms with Crippen LogP contribution in [-0.4, -0.2) is 35.3 Å². The Kier molecular flexibility index (Phi) is 7.35. The first-order valence-corrected chi connectivity index (χ1v) is 8.59. The van der Waals surface area contributed by atoms with Gasteiger partial charge in [0.05, 0.1) is 13.2 Å². The molecule has 0 bridgehead atoms. The molecule has 0 radical (unpaired) electrons. The zero-order valence-corrected chi connectivity index (χ0v) is 15.0. The summed E-state index contributed by atoms with van der Waals surface area (Å²) in [7, 11) is 0. The molecule has 3 N–H and O–H groups in total. The number of aliphatic hydroxyl groups excluding tert-OH is 1. The van der Waals surface area contributed by atoms with Crippen molar-refractivity contribution in [1.82, 2.24) is 4.98 Å². The van der Waals surface area contributed by atoms with E-state index in [0.29, 0.717) is 41.4 Å². The SMILES string of the molecule is CCOc1ccc(NC(=O)c2ccnc(NCC(F)CC)c2)cc1CO. The summed E-state index contributed by atoms with van der Waals surface area (Å²) in [6.07, 6.45) is 0.946. The molecule has 0 saturated heterocycles. The van der Waals surface area contributed by atoms with E-state index in [-0.39, 0.29) is 19.1 Å². The van der Waals surface area contributed by atoms with Crippen LogP contribution in [0.5, 0.6) is 5.75 Å². The van der Waals surface area contributed by atoms with Gasteiger partial charge in [0.2, 0.25) is 0 Å². The average Bonchev–Trinajstić information content (AvgIpc) is 2.67. The summed E-state index contributed by atoms with van der Waals surface area (Å²) >= 11 is 0. The molecule has 1 aromatic heterocycles. The number of amides is 1. The molecule has 0 aliphatic rings. The van der Waals surface area contributed by atoms with Crippen LogP contribution in [-0.2, 0) is 6.61 Å². The Morgan fingerprint density at radius 1 is 1.31 bits per heavy atom. The Hall–Kier alpha value is -2.67. The molecule has 0 fully saturated rings. The van der Waals surface area contributed by atoms with E-state index < -0.39 is 6.17 Å². The number of anilines is 2. The van der Waals surface area contributed by atoms with Gasteiger partial charge in [-0.05, 0) is 43.7 Å². The third-order valence-electron chi connectivity index (χ3n) is 3.76. The Balaban J connectivity index is 2.07. The first kappa shape index (κ1) is 19.7. The molecular weight excluding hydrogens is 337 g/mol. The fraction of sp³-hybridized carbons (Fsp3) is 0.368. The number of rotatable bonds is 9. The van der Waals surface area contributed by atoms with Crippen LogP contribution < -0.4 is 15.4 Å². The van der Waals surface area contributed by atoms with Gasteiger partial charge in [-0.1, -0.05) is 6.92 Å². The van der Waals surface area contributed by atoms with Crippen LogP contribution in [0, 0.1) is 0 Å². The number of aromatic nitrogens is 1. The summed E-state index contributed by atoms with van der Waals surface area (Å²) in [5.41, 5.74) is 1.53. The van der Waals surface area contributed by atoms with Gasteiger partial charge in [0.1, 0.15) is 17.7 Å². The van der Waals surface area contributed by atoms with Crippen LogP contribution in [0.15, 0.2) is 36.5 Å². The lowest BCUT2D eigenvalue weighted by molar-refractivity contribution is 0.102. The van der Waals surface area contributed by atoms with Crippen molar-refractivity contribution < 1.29 is 19.0 Å². The van der Waals surface area contributed by atoms with Gasteiger partial charge < -0.3 is 20.5 Å². The second kappa shape index (κ2) is 9.72. The summed E-state index contributed by atoms with van der Waals surface area (Å²) in [5, 5.41) is 15.1. The topological polar surface area (TPSA) is 83.5 Å². The van der Waals surface area contributed by atoms with Crippen molar-refractivity contribution in [1.29, 1.82) is 0 Å². The zero-order valence-electron chi connectivity index (χ0n) is 15.0. The fourth-order valence-corrected chi connectivity index (χ4v) is 2.31. The normalized spacial score (nSPS) is 11.7. The van der Waals surface area contributed by atoms with Crippen molar-refractivity contribution in [3.8, 4) is 5.75 Å². The number of hydrogen-bond donors (Lipinski definition) is 3. The molecule has 0 saturated carbocycles. The van der Waals surface area contributed by atoms with Crippen LogP contribution in [0.3, 0.4) is 0 Å². The van der Waals surface area contributed by atoms with Crippen LogP contribution in [0.2, 0.25) is 0 Å². The van der Waals surface area contributed by atoms with E-state index in [9.17, 15) is 14.3 Å². The highest BCUT2D eigenvalue weighted by atomic mass is 19.1. The maximum absolute atomic E-state index is 13.3. The highest BCUT2D eigenvalue weighted by Gasteiger charge is 2.11. The quantitative estimate of drug-likeness (QED) is 0.638. The number of hydrogen-bond acceptors (Lipinski definition) is 5. The van der Waals surface area contributed by atoms with E-state index in [0.717, 1.165) is 0 Å². The molecule has 1 aromatic carbocycles. The predicted octanol–water partition coefficient (Wildman–Crippen LogP) is 3.38. The van der Waals surface area contributed by atoms with Gasteiger partial charge in [-0.15, -0.1) is 0 Å². The van der Waals surface area contributed by atoms with E-state index in [2.05, 4.69) is 15.6 Å². The minimum atomic E-state index is -0.963. The molecule has 1 unspecified atom stereocenters. The smallest absolute Gasteiger partial charge is 0.255 e. The second-order valence-corrected chi connectivity index (χ2v) is 5.68. The number of carbonyl (C=O) groups excluding carboxylic acids is 1. The maximum atomic E-state index is 13.3. The Morgan fingerprint density at radius 3 is 2.81 bits per heavy atom. The Morgan fingerprint density at radius 2 is 2.12 bits per heavy atom. The summed E-state index contributed by atoms with van der Waals surface area (Å²) in [6, 6.07) is 8.22. The molecule has 6 nitrogen and oxygen atoms in total. The molecule has 26 heavy (non-hydrogen) atoms. The summed E-state index contributed by atoms with van der Waals surface area (Å²) in [6.45, 7) is 4.07. The molecule has 0 spiro atoms. The van der Waals surface area contributed by atoms with Crippen molar-refractivity contribution in [3.63, 3.8) is 0 Å². The van der Waals surface area contributed by atoms with Crippen LogP contribution in [0.4, 0.5) is 15.9 Å². The average molecular weight is 361 g/mol. The first-order valence-electron chi connectivity index (χ1n) is 8.59. The monoisotopic (exact) mass is 361 g/mol. The highest BCUT2D eigenvalue weighted by molar-refractivity contribution is 6.04. The van der Waals surface area contributed by atoms with E-state index in [1.807, 2.05) is 6.92 Å². The Bertz CT molecular complexity index is 740. The van der Waals surface area contributed by atoms with Crippen molar-refractivity contribution in [2.45, 2.75) is 33.0 Å². The van der Waals surface area contributed by atoms with Crippen molar-refractivity contribution in [2.75, 3.05) is 23.8 Å². The number of nitrogens with one attached hydrogen (secondary N) is 2. The number of carbonyl (C=O) groups is 1. The molecule has 2 aromatic rings. The third kappa shape index (κ3) is 5.42. The number of nitrogens with zero attached hydrogens (tertiary/aromatic N) is 1. The summed E-state index contributed by atoms with van der Waals surface area (Å²) < 4.78 is 18.7. The maximum Gasteiger partial charge on any atom is 0.255 e. The number of pyridine rings is 1. The van der Waals surface area contributed by atoms with E-state index in [1.165, 1.54) is 6.20 Å². The van der Waals surface area contributed by atoms with Gasteiger partial charge in [-0.3, -0.25) is 4.79 Å². The standard InChI is InChI=1S/C19H24FN3O3/c1-3-15(20)11-22-18-10-13(7-8-21-18)19(25)23-16-5-6-17(26-4-2)14(9-16)12-24/h5-10,15,24H,3-4,11-12H2,1-2H3,(H,21,22)(H,23,25). The molecule has 1 heterocycles. The molecule has 1 amide bonds. The van der Waals surface area contributed by atoms with Crippen LogP contribution in [0.25, 0.3) is 0 Å². The highest BCUT2D eigenvalue weighted by Crippen LogP contribution is 2.23. The van der Waals surface area contributed by atoms with Gasteiger partial charge in [-0.2, -0.15) is 0 Å². The molecule has 0 aliphatic heterocycles. The largest absolute Gasteiger partial charge is 0.494 e. The van der Waals surface area contributed by atoms with E-state index >= 15 is 0 Å². The number of halogens is 1. The third-order valence-corrected chi connectivity index (χ3v) is 3.76. The molecule has 0 aliphatic carbocycles. The lowest BCUT2D eigenvalue weighted by atomic mass is 10.1. The van der Waals surface area contributed by atoms with Crippen LogP contribution in [0.1, 0.15) is 36.2 Å². The lowest BCUT2D eigenvalue weighted by Gasteiger charge is -2.12. The number of benzene rings is 1. The van der Waals surface area contributed by atoms with E-state index in [4.69, 9.17) is 4.74 Å². The number of alkyl halides is 1. The number of aliphatic hydroxyl groups is 1. The van der Waals surface area contributed by atoms with Gasteiger partial charge in [0, 0.05) is 29.6 Å². The molecule has 7 heteroatoms. The van der Waals surface area contributed by atoms with E-state index in [1.54, 1.807) is 37.3 Å². The molecular formula is C19H24FN3O3. The summed E-state index contributed by atoms with van der Waals surface area (Å²) in [4.78, 5) is 16.5. The van der Waals surface area contributed by atoms with Crippen molar-refractivity contribution in [3.05, 3.63) is 47.7 Å². The second-order valence-electron chi connectivity index (χ2n) is 5.68. The van der Waals surface area contributed by atoms with Gasteiger partial charge in [0.25, 0.3) is 5.91 Å². The zero-order chi connectivity index (χ0) is 18.9. The summed E-state index contributed by atoms with van der Waals surface area (Å²) in [5.74, 6) is 0.701. The minimum absolute atomic E-state index is 0.146. The lowest BCUT2D eigenvalue weighted by Crippen LogP contribution is -2.16.